The summed E-state index contributed by atoms with van der Waals surface area (Å²) in [6, 6.07) is 7.65. The second kappa shape index (κ2) is 4.52. The van der Waals surface area contributed by atoms with Crippen LogP contribution in [0.4, 0.5) is 0 Å². The average Bonchev–Trinajstić information content (AvgIpc) is 3.18. The van der Waals surface area contributed by atoms with Gasteiger partial charge >= 0.3 is 0 Å². The first kappa shape index (κ1) is 11.9. The summed E-state index contributed by atoms with van der Waals surface area (Å²) in [4.78, 5) is 9.02. The van der Waals surface area contributed by atoms with Gasteiger partial charge in [0.1, 0.15) is 11.0 Å². The van der Waals surface area contributed by atoms with Gasteiger partial charge < -0.3 is 0 Å². The van der Waals surface area contributed by atoms with Crippen LogP contribution in [0.25, 0.3) is 11.3 Å². The Balaban J connectivity index is 2.12. The minimum atomic E-state index is 0.495. The Morgan fingerprint density at radius 1 is 1.06 bits per heavy atom. The highest BCUT2D eigenvalue weighted by molar-refractivity contribution is 6.31. The summed E-state index contributed by atoms with van der Waals surface area (Å²) in [5.41, 5.74) is 2.86. The Morgan fingerprint density at radius 2 is 1.72 bits per heavy atom. The van der Waals surface area contributed by atoms with Gasteiger partial charge in [-0.2, -0.15) is 0 Å². The zero-order chi connectivity index (χ0) is 12.7. The Kier molecular flexibility index (Phi) is 3.00. The van der Waals surface area contributed by atoms with Crippen LogP contribution in [0.3, 0.4) is 0 Å². The lowest BCUT2D eigenvalue weighted by Crippen LogP contribution is -1.99. The first-order valence-corrected chi connectivity index (χ1v) is 6.70. The predicted octanol–water partition coefficient (Wildman–Crippen LogP) is 4.64. The highest BCUT2D eigenvalue weighted by Crippen LogP contribution is 2.40. The number of hydrogen-bond donors (Lipinski definition) is 0. The molecule has 2 aromatic rings. The van der Waals surface area contributed by atoms with Crippen LogP contribution >= 0.6 is 23.2 Å². The summed E-state index contributed by atoms with van der Waals surface area (Å²) >= 11 is 12.1. The van der Waals surface area contributed by atoms with E-state index in [-0.39, 0.29) is 0 Å². The Hall–Kier alpha value is -1.12. The number of nitrogens with zero attached hydrogens (tertiary/aromatic N) is 2. The first-order chi connectivity index (χ1) is 8.65. The summed E-state index contributed by atoms with van der Waals surface area (Å²) in [5.74, 6) is 1.37. The molecule has 1 aromatic heterocycles. The molecule has 4 heteroatoms. The van der Waals surface area contributed by atoms with E-state index in [0.717, 1.165) is 27.7 Å². The zero-order valence-corrected chi connectivity index (χ0v) is 11.5. The largest absolute Gasteiger partial charge is 0.232 e. The van der Waals surface area contributed by atoms with E-state index in [4.69, 9.17) is 23.2 Å². The van der Waals surface area contributed by atoms with Crippen molar-refractivity contribution in [3.63, 3.8) is 0 Å². The topological polar surface area (TPSA) is 25.8 Å². The monoisotopic (exact) mass is 278 g/mol. The van der Waals surface area contributed by atoms with Gasteiger partial charge in [0.2, 0.25) is 0 Å². The zero-order valence-electron chi connectivity index (χ0n) is 9.95. The van der Waals surface area contributed by atoms with E-state index in [9.17, 15) is 0 Å². The van der Waals surface area contributed by atoms with Gasteiger partial charge in [-0.15, -0.1) is 0 Å². The smallest absolute Gasteiger partial charge is 0.136 e. The number of hydrogen-bond acceptors (Lipinski definition) is 2. The second-order valence-electron chi connectivity index (χ2n) is 4.63. The van der Waals surface area contributed by atoms with Gasteiger partial charge in [0, 0.05) is 22.1 Å². The van der Waals surface area contributed by atoms with Crippen LogP contribution in [0.5, 0.6) is 0 Å². The van der Waals surface area contributed by atoms with Crippen molar-refractivity contribution in [1.29, 1.82) is 0 Å². The molecule has 0 N–H and O–H groups in total. The lowest BCUT2D eigenvalue weighted by Gasteiger charge is -2.09. The van der Waals surface area contributed by atoms with E-state index in [0.29, 0.717) is 11.1 Å². The average molecular weight is 279 g/mol. The van der Waals surface area contributed by atoms with Crippen LogP contribution in [0.1, 0.15) is 30.1 Å². The molecule has 0 bridgehead atoms. The Labute approximate surface area is 116 Å². The lowest BCUT2D eigenvalue weighted by molar-refractivity contribution is 0.922. The molecule has 1 aliphatic carbocycles. The molecule has 0 saturated heterocycles. The Morgan fingerprint density at radius 3 is 2.33 bits per heavy atom. The predicted molar refractivity (Wildman–Crippen MR) is 74.2 cm³/mol. The maximum Gasteiger partial charge on any atom is 0.136 e. The second-order valence-corrected chi connectivity index (χ2v) is 5.42. The van der Waals surface area contributed by atoms with Crippen LogP contribution in [0.15, 0.2) is 24.3 Å². The van der Waals surface area contributed by atoms with Crippen molar-refractivity contribution in [3.05, 3.63) is 45.8 Å². The number of benzene rings is 1. The lowest BCUT2D eigenvalue weighted by atomic mass is 10.1. The summed E-state index contributed by atoms with van der Waals surface area (Å²) in [5, 5.41) is 1.27. The molecule has 1 heterocycles. The van der Waals surface area contributed by atoms with Crippen molar-refractivity contribution < 1.29 is 0 Å². The summed E-state index contributed by atoms with van der Waals surface area (Å²) in [7, 11) is 0. The van der Waals surface area contributed by atoms with Crippen molar-refractivity contribution in [2.24, 2.45) is 0 Å². The normalized spacial score (nSPS) is 14.8. The molecule has 1 saturated carbocycles. The van der Waals surface area contributed by atoms with Crippen molar-refractivity contribution in [2.45, 2.75) is 25.7 Å². The van der Waals surface area contributed by atoms with Crippen LogP contribution in [-0.2, 0) is 0 Å². The molecule has 0 spiro atoms. The number of halogens is 2. The molecule has 92 valence electrons. The van der Waals surface area contributed by atoms with Crippen molar-refractivity contribution >= 4 is 23.2 Å². The number of aromatic nitrogens is 2. The summed E-state index contributed by atoms with van der Waals surface area (Å²) in [6.45, 7) is 1.95. The van der Waals surface area contributed by atoms with E-state index >= 15 is 0 Å². The van der Waals surface area contributed by atoms with Gasteiger partial charge in [-0.3, -0.25) is 0 Å². The van der Waals surface area contributed by atoms with Gasteiger partial charge in [-0.05, 0) is 31.9 Å². The van der Waals surface area contributed by atoms with Gasteiger partial charge in [0.15, 0.2) is 0 Å². The molecule has 2 nitrogen and oxygen atoms in total. The van der Waals surface area contributed by atoms with Crippen LogP contribution in [-0.4, -0.2) is 9.97 Å². The van der Waals surface area contributed by atoms with Crippen molar-refractivity contribution in [2.75, 3.05) is 0 Å². The van der Waals surface area contributed by atoms with E-state index in [1.54, 1.807) is 0 Å². The van der Waals surface area contributed by atoms with Crippen LogP contribution in [0.2, 0.25) is 10.2 Å². The van der Waals surface area contributed by atoms with Crippen LogP contribution in [0, 0.1) is 6.92 Å². The summed E-state index contributed by atoms with van der Waals surface area (Å²) in [6.07, 6.45) is 2.33. The van der Waals surface area contributed by atoms with Gasteiger partial charge in [0.05, 0.1) is 5.69 Å². The van der Waals surface area contributed by atoms with E-state index in [2.05, 4.69) is 9.97 Å². The molecule has 0 amide bonds. The van der Waals surface area contributed by atoms with Crippen molar-refractivity contribution in [3.8, 4) is 11.3 Å². The van der Waals surface area contributed by atoms with E-state index in [1.807, 2.05) is 31.2 Å². The number of rotatable bonds is 2. The van der Waals surface area contributed by atoms with Gasteiger partial charge in [0.25, 0.3) is 0 Å². The highest BCUT2D eigenvalue weighted by Gasteiger charge is 2.28. The summed E-state index contributed by atoms with van der Waals surface area (Å²) < 4.78 is 0. The molecule has 0 aliphatic heterocycles. The van der Waals surface area contributed by atoms with Crippen LogP contribution < -0.4 is 0 Å². The minimum Gasteiger partial charge on any atom is -0.232 e. The fourth-order valence-corrected chi connectivity index (χ4v) is 2.22. The molecule has 1 aliphatic rings. The fraction of sp³-hybridized carbons (Fsp3) is 0.286. The van der Waals surface area contributed by atoms with Crippen molar-refractivity contribution in [1.82, 2.24) is 9.97 Å². The Bertz CT molecular complexity index is 589. The fourth-order valence-electron chi connectivity index (χ4n) is 1.92. The molecule has 1 aromatic carbocycles. The molecule has 0 unspecified atom stereocenters. The first-order valence-electron chi connectivity index (χ1n) is 5.95. The quantitative estimate of drug-likeness (QED) is 0.748. The van der Waals surface area contributed by atoms with Gasteiger partial charge in [-0.25, -0.2) is 9.97 Å². The molecule has 18 heavy (non-hydrogen) atoms. The molecular formula is C14H12Cl2N2. The molecule has 0 radical (unpaired) electrons. The molecule has 3 rings (SSSR count). The standard InChI is InChI=1S/C14H12Cl2N2/c1-8-12(9-4-6-11(15)7-5-9)17-14(10-2-3-10)18-13(8)16/h4-7,10H,2-3H2,1H3. The third-order valence-electron chi connectivity index (χ3n) is 3.16. The maximum absolute atomic E-state index is 6.19. The van der Waals surface area contributed by atoms with Gasteiger partial charge in [-0.1, -0.05) is 35.3 Å². The minimum absolute atomic E-state index is 0.495. The SMILES string of the molecule is Cc1c(Cl)nc(C2CC2)nc1-c1ccc(Cl)cc1. The van der Waals surface area contributed by atoms with E-state index in [1.165, 1.54) is 12.8 Å². The third-order valence-corrected chi connectivity index (χ3v) is 3.78. The highest BCUT2D eigenvalue weighted by atomic mass is 35.5. The van der Waals surface area contributed by atoms with E-state index < -0.39 is 0 Å². The molecule has 0 atom stereocenters. The molecule has 1 fully saturated rings. The maximum atomic E-state index is 6.19. The molecular weight excluding hydrogens is 267 g/mol. The third kappa shape index (κ3) is 2.23.